The maximum atomic E-state index is 11.2. The topological polar surface area (TPSA) is 77.0 Å². The quantitative estimate of drug-likeness (QED) is 0.671. The molecule has 1 aliphatic rings. The summed E-state index contributed by atoms with van der Waals surface area (Å²) in [6, 6.07) is 12.9. The van der Waals surface area contributed by atoms with Crippen LogP contribution in [0, 0.1) is 6.92 Å². The molecule has 2 aromatic carbocycles. The number of hydrogen-bond donors (Lipinski definition) is 2. The van der Waals surface area contributed by atoms with Crippen molar-refractivity contribution in [3.05, 3.63) is 53.6 Å². The molecule has 0 saturated carbocycles. The minimum atomic E-state index is -0.840. The molecule has 2 aromatic rings. The van der Waals surface area contributed by atoms with Crippen LogP contribution in [0.1, 0.15) is 16.5 Å². The summed E-state index contributed by atoms with van der Waals surface area (Å²) in [5, 5.41) is 12.2. The Balaban J connectivity index is 1.63. The number of carboxylic acids is 1. The number of thioether (sulfide) groups is 1. The van der Waals surface area contributed by atoms with E-state index in [9.17, 15) is 9.90 Å². The second-order valence-corrected chi connectivity index (χ2v) is 7.33. The van der Waals surface area contributed by atoms with E-state index in [0.717, 1.165) is 16.9 Å². The predicted octanol–water partition coefficient (Wildman–Crippen LogP) is 3.25. The third-order valence-electron chi connectivity index (χ3n) is 4.18. The molecule has 1 fully saturated rings. The Morgan fingerprint density at radius 1 is 1.19 bits per heavy atom. The van der Waals surface area contributed by atoms with Crippen LogP contribution >= 0.6 is 11.8 Å². The van der Waals surface area contributed by atoms with Crippen LogP contribution in [0.3, 0.4) is 0 Å². The van der Waals surface area contributed by atoms with E-state index >= 15 is 0 Å². The van der Waals surface area contributed by atoms with Crippen LogP contribution in [-0.2, 0) is 4.79 Å². The van der Waals surface area contributed by atoms with E-state index in [1.807, 2.05) is 49.4 Å². The van der Waals surface area contributed by atoms with Gasteiger partial charge in [0.15, 0.2) is 0 Å². The van der Waals surface area contributed by atoms with E-state index in [0.29, 0.717) is 30.5 Å². The molecule has 2 unspecified atom stereocenters. The fourth-order valence-corrected chi connectivity index (χ4v) is 4.05. The van der Waals surface area contributed by atoms with E-state index in [-0.39, 0.29) is 5.37 Å². The zero-order chi connectivity index (χ0) is 19.2. The minimum Gasteiger partial charge on any atom is -0.497 e. The normalized spacial score (nSPS) is 18.9. The first-order valence-corrected chi connectivity index (χ1v) is 9.72. The van der Waals surface area contributed by atoms with Crippen molar-refractivity contribution in [2.24, 2.45) is 0 Å². The first kappa shape index (κ1) is 19.4. The molecule has 2 N–H and O–H groups in total. The molecule has 3 rings (SSSR count). The van der Waals surface area contributed by atoms with Gasteiger partial charge in [-0.15, -0.1) is 11.8 Å². The standard InChI is InChI=1S/C20H23NO5S/c1-13-4-3-5-15(10-13)25-8-9-26-18-11-14(24-2)6-7-16(18)19-21-17(12-27-19)20(22)23/h3-7,10-11,17,19,21H,8-9,12H2,1-2H3,(H,22,23). The summed E-state index contributed by atoms with van der Waals surface area (Å²) in [4.78, 5) is 11.2. The Bertz CT molecular complexity index is 798. The van der Waals surface area contributed by atoms with Crippen molar-refractivity contribution in [1.82, 2.24) is 5.32 Å². The lowest BCUT2D eigenvalue weighted by atomic mass is 10.1. The van der Waals surface area contributed by atoms with Gasteiger partial charge in [-0.05, 0) is 36.8 Å². The maximum Gasteiger partial charge on any atom is 0.321 e. The van der Waals surface area contributed by atoms with Crippen molar-refractivity contribution in [2.75, 3.05) is 26.1 Å². The van der Waals surface area contributed by atoms with Gasteiger partial charge in [-0.3, -0.25) is 10.1 Å². The Morgan fingerprint density at radius 2 is 2.00 bits per heavy atom. The van der Waals surface area contributed by atoms with Crippen LogP contribution < -0.4 is 19.5 Å². The monoisotopic (exact) mass is 389 g/mol. The van der Waals surface area contributed by atoms with Crippen molar-refractivity contribution in [3.63, 3.8) is 0 Å². The van der Waals surface area contributed by atoms with E-state index in [1.165, 1.54) is 0 Å². The summed E-state index contributed by atoms with van der Waals surface area (Å²) in [6.07, 6.45) is 0. The maximum absolute atomic E-state index is 11.2. The van der Waals surface area contributed by atoms with Crippen molar-refractivity contribution < 1.29 is 24.1 Å². The highest BCUT2D eigenvalue weighted by atomic mass is 32.2. The Morgan fingerprint density at radius 3 is 2.70 bits per heavy atom. The van der Waals surface area contributed by atoms with E-state index in [2.05, 4.69) is 5.32 Å². The number of methoxy groups -OCH3 is 1. The largest absolute Gasteiger partial charge is 0.497 e. The average Bonchev–Trinajstić information content (AvgIpc) is 3.15. The molecular formula is C20H23NO5S. The Labute approximate surface area is 162 Å². The molecule has 27 heavy (non-hydrogen) atoms. The molecule has 1 aliphatic heterocycles. The fraction of sp³-hybridized carbons (Fsp3) is 0.350. The molecule has 6 nitrogen and oxygen atoms in total. The molecule has 0 bridgehead atoms. The first-order chi connectivity index (χ1) is 13.1. The van der Waals surface area contributed by atoms with Crippen LogP contribution in [0.2, 0.25) is 0 Å². The van der Waals surface area contributed by atoms with E-state index in [1.54, 1.807) is 18.9 Å². The lowest BCUT2D eigenvalue weighted by molar-refractivity contribution is -0.138. The third-order valence-corrected chi connectivity index (χ3v) is 5.43. The van der Waals surface area contributed by atoms with E-state index in [4.69, 9.17) is 14.2 Å². The van der Waals surface area contributed by atoms with Crippen LogP contribution in [0.5, 0.6) is 17.2 Å². The molecule has 0 aliphatic carbocycles. The molecule has 0 aromatic heterocycles. The summed E-state index contributed by atoms with van der Waals surface area (Å²) in [7, 11) is 1.60. The van der Waals surface area contributed by atoms with Crippen molar-refractivity contribution in [2.45, 2.75) is 18.3 Å². The van der Waals surface area contributed by atoms with Gasteiger partial charge in [0.2, 0.25) is 0 Å². The molecule has 0 amide bonds. The summed E-state index contributed by atoms with van der Waals surface area (Å²) in [6.45, 7) is 2.79. The van der Waals surface area contributed by atoms with Crippen molar-refractivity contribution in [3.8, 4) is 17.2 Å². The summed E-state index contributed by atoms with van der Waals surface area (Å²) in [5.41, 5.74) is 2.04. The number of benzene rings is 2. The highest BCUT2D eigenvalue weighted by molar-refractivity contribution is 7.99. The lowest BCUT2D eigenvalue weighted by Gasteiger charge is -2.18. The van der Waals surface area contributed by atoms with Gasteiger partial charge in [-0.2, -0.15) is 0 Å². The molecule has 1 saturated heterocycles. The highest BCUT2D eigenvalue weighted by Crippen LogP contribution is 2.39. The number of ether oxygens (including phenoxy) is 3. The van der Waals surface area contributed by atoms with Gasteiger partial charge in [-0.1, -0.05) is 12.1 Å². The zero-order valence-electron chi connectivity index (χ0n) is 15.3. The van der Waals surface area contributed by atoms with Crippen LogP contribution in [0.4, 0.5) is 0 Å². The van der Waals surface area contributed by atoms with Crippen LogP contribution in [-0.4, -0.2) is 43.2 Å². The smallest absolute Gasteiger partial charge is 0.321 e. The lowest BCUT2D eigenvalue weighted by Crippen LogP contribution is -2.33. The fourth-order valence-electron chi connectivity index (χ4n) is 2.79. The number of hydrogen-bond acceptors (Lipinski definition) is 6. The third kappa shape index (κ3) is 5.08. The van der Waals surface area contributed by atoms with Crippen molar-refractivity contribution >= 4 is 17.7 Å². The number of carboxylic acid groups (broad SMARTS) is 1. The molecular weight excluding hydrogens is 366 g/mol. The van der Waals surface area contributed by atoms with Gasteiger partial charge >= 0.3 is 5.97 Å². The minimum absolute atomic E-state index is 0.135. The number of carbonyl (C=O) groups is 1. The van der Waals surface area contributed by atoms with Gasteiger partial charge < -0.3 is 19.3 Å². The molecule has 0 radical (unpaired) electrons. The number of rotatable bonds is 8. The molecule has 2 atom stereocenters. The van der Waals surface area contributed by atoms with Crippen LogP contribution in [0.15, 0.2) is 42.5 Å². The highest BCUT2D eigenvalue weighted by Gasteiger charge is 2.32. The van der Waals surface area contributed by atoms with Crippen LogP contribution in [0.25, 0.3) is 0 Å². The Hall–Kier alpha value is -2.38. The second kappa shape index (κ2) is 9.01. The van der Waals surface area contributed by atoms with Gasteiger partial charge in [0, 0.05) is 17.4 Å². The number of aliphatic carboxylic acids is 1. The SMILES string of the molecule is COc1ccc(C2NC(C(=O)O)CS2)c(OCCOc2cccc(C)c2)c1. The number of nitrogens with one attached hydrogen (secondary N) is 1. The first-order valence-electron chi connectivity index (χ1n) is 8.67. The predicted molar refractivity (Wildman–Crippen MR) is 105 cm³/mol. The van der Waals surface area contributed by atoms with E-state index < -0.39 is 12.0 Å². The number of aryl methyl sites for hydroxylation is 1. The van der Waals surface area contributed by atoms with Gasteiger partial charge in [0.25, 0.3) is 0 Å². The molecule has 7 heteroatoms. The molecule has 1 heterocycles. The summed E-state index contributed by atoms with van der Waals surface area (Å²) in [5.74, 6) is 1.83. The second-order valence-electron chi connectivity index (χ2n) is 6.19. The average molecular weight is 389 g/mol. The molecule has 0 spiro atoms. The summed E-state index contributed by atoms with van der Waals surface area (Å²) >= 11 is 1.55. The van der Waals surface area contributed by atoms with Crippen molar-refractivity contribution in [1.29, 1.82) is 0 Å². The molecule has 144 valence electrons. The summed E-state index contributed by atoms with van der Waals surface area (Å²) < 4.78 is 16.9. The Kier molecular flexibility index (Phi) is 6.47. The van der Waals surface area contributed by atoms with Gasteiger partial charge in [-0.25, -0.2) is 0 Å². The van der Waals surface area contributed by atoms with Gasteiger partial charge in [0.05, 0.1) is 12.5 Å². The van der Waals surface area contributed by atoms with Gasteiger partial charge in [0.1, 0.15) is 36.5 Å². The zero-order valence-corrected chi connectivity index (χ0v) is 16.1.